The molecule has 0 N–H and O–H groups in total. The van der Waals surface area contributed by atoms with Crippen molar-refractivity contribution in [1.82, 2.24) is 9.13 Å². The molecule has 24 aromatic rings. The number of para-hydroxylation sites is 1. The van der Waals surface area contributed by atoms with Crippen LogP contribution in [0.2, 0.25) is 0 Å². The molecule has 0 saturated carbocycles. The van der Waals surface area contributed by atoms with E-state index in [9.17, 15) is 9.60 Å². The van der Waals surface area contributed by atoms with E-state index in [-0.39, 0.29) is 57.6 Å². The molecule has 0 fully saturated rings. The summed E-state index contributed by atoms with van der Waals surface area (Å²) in [6.07, 6.45) is 0. The van der Waals surface area contributed by atoms with Crippen molar-refractivity contribution in [3.8, 4) is 156 Å². The molecule has 0 amide bonds. The van der Waals surface area contributed by atoms with Gasteiger partial charge in [0.05, 0.1) is 42.8 Å². The van der Waals surface area contributed by atoms with Gasteiger partial charge in [-0.05, 0) is 299 Å². The average molecular weight is 1830 g/mol. The van der Waals surface area contributed by atoms with Gasteiger partial charge in [0.25, 0.3) is 0 Å². The molecular weight excluding hydrogens is 1730 g/mol. The number of hydrogen-bond acceptors (Lipinski definition) is 2. The minimum Gasteiger partial charge on any atom is -0.310 e. The SMILES string of the molecule is [2H]c1c([2H])c([2H])c2c(c1[2H])c1c([2H])c(-c3ccccc3)c([2H])c([2H])c1n2-c1ccc2c(c1)N(c1c(-c3cccc(-c4ccccc4)c3)cc(C(C)(C)C)cc1-c1cccc(-c3ccccc3)c1)c1cc(-n3c4ccc(-c5ccccc5)cc4c4cc(-c5ccccc5)ccc43)cc3c1B2c1cc(-c2cc(-c4ccccc4)cc(-c4ccccc4)c2)cc(-c2ccc4c(c2)-c2ccccc2C42c4ccccc4-c4ccccc42)c1S3. The molecule has 2 aromatic heterocycles. The molecule has 0 atom stereocenters. The minimum atomic E-state index is -0.623. The summed E-state index contributed by atoms with van der Waals surface area (Å²) in [5.41, 5.74) is 40.6. The Morgan fingerprint density at radius 3 is 1.17 bits per heavy atom. The summed E-state index contributed by atoms with van der Waals surface area (Å²) in [5, 5.41) is 2.39. The molecule has 4 heterocycles. The van der Waals surface area contributed by atoms with E-state index >= 15 is 0 Å². The second kappa shape index (κ2) is 32.9. The van der Waals surface area contributed by atoms with Crippen molar-refractivity contribution in [3.63, 3.8) is 0 Å². The Labute approximate surface area is 841 Å². The van der Waals surface area contributed by atoms with Crippen LogP contribution in [-0.2, 0) is 10.8 Å². The molecule has 0 radical (unpaired) electrons. The number of nitrogens with zero attached hydrogens (tertiary/aromatic N) is 3. The van der Waals surface area contributed by atoms with Gasteiger partial charge in [0, 0.05) is 65.2 Å². The standard InChI is InChI=1S/C137H92BN3S/c1-136(2,3)106-82-113(99-51-33-49-94(71-99)87-35-11-4-12-36-87)134(114(83-106)100-52-34-50-95(72-100)88-37-13-5-14-38-88)141-130-84-107(139-126-60-32-28-56-112(126)117-76-96(62-68-127(117)139)89-39-15-6-16-40-89)65-67-124(130)138-125-81-105(104-74-102(92-45-21-9-22-46-92)73-103(75-104)93-47-23-10-24-48-93)80-115(101-61-66-123-116(79-101)111-55-27-31-59-122(111)137(123)120-57-29-25-53-109(120)110-54-26-30-58-121(110)137)135(125)142-132-86-108(85-131(141)133(132)138)140-128-69-63-97(90-41-17-7-18-42-90)77-118(128)119-78-98(64-70-129(119)140)91-43-19-8-20-44-91/h4-86H,1-3H3/i28D,32D,56D,60D,62D,68D,76D. The van der Waals surface area contributed by atoms with Crippen molar-refractivity contribution in [1.29, 1.82) is 0 Å². The van der Waals surface area contributed by atoms with Crippen LogP contribution in [-0.4, -0.2) is 15.8 Å². The van der Waals surface area contributed by atoms with Crippen molar-refractivity contribution in [2.75, 3.05) is 4.90 Å². The molecule has 3 nitrogen and oxygen atoms in total. The van der Waals surface area contributed by atoms with E-state index in [0.717, 1.165) is 188 Å². The number of benzene rings is 22. The third kappa shape index (κ3) is 13.3. The Hall–Kier alpha value is -17.3. The Kier molecular flexibility index (Phi) is 17.6. The topological polar surface area (TPSA) is 13.1 Å². The molecular formula is C137H92BN3S. The van der Waals surface area contributed by atoms with E-state index in [1.165, 1.54) is 44.5 Å². The first-order valence-corrected chi connectivity index (χ1v) is 49.8. The first kappa shape index (κ1) is 75.7. The highest BCUT2D eigenvalue weighted by atomic mass is 32.2. The van der Waals surface area contributed by atoms with Gasteiger partial charge >= 0.3 is 0 Å². The highest BCUT2D eigenvalue weighted by Crippen LogP contribution is 2.64. The van der Waals surface area contributed by atoms with Gasteiger partial charge in [-0.3, -0.25) is 0 Å². The molecule has 0 bridgehead atoms. The molecule has 22 aromatic carbocycles. The predicted molar refractivity (Wildman–Crippen MR) is 600 cm³/mol. The summed E-state index contributed by atoms with van der Waals surface area (Å²) in [5.74, 6) is 0. The van der Waals surface area contributed by atoms with Crippen LogP contribution in [0.4, 0.5) is 17.1 Å². The molecule has 2 aliphatic heterocycles. The van der Waals surface area contributed by atoms with Crippen molar-refractivity contribution in [2.24, 2.45) is 0 Å². The summed E-state index contributed by atoms with van der Waals surface area (Å²) < 4.78 is 76.1. The molecule has 4 aliphatic rings. The lowest BCUT2D eigenvalue weighted by Gasteiger charge is -2.43. The zero-order chi connectivity index (χ0) is 100. The van der Waals surface area contributed by atoms with Crippen LogP contribution in [0.3, 0.4) is 0 Å². The summed E-state index contributed by atoms with van der Waals surface area (Å²) >= 11 is 1.83. The molecule has 1 spiro atoms. The maximum atomic E-state index is 10.7. The lowest BCUT2D eigenvalue weighted by Crippen LogP contribution is -2.60. The van der Waals surface area contributed by atoms with Crippen LogP contribution >= 0.6 is 11.8 Å². The van der Waals surface area contributed by atoms with Crippen LogP contribution in [0.1, 0.15) is 58.2 Å². The van der Waals surface area contributed by atoms with Crippen LogP contribution < -0.4 is 21.3 Å². The Balaban J connectivity index is 0.808. The fourth-order valence-electron chi connectivity index (χ4n) is 23.6. The van der Waals surface area contributed by atoms with Gasteiger partial charge in [-0.2, -0.15) is 0 Å². The van der Waals surface area contributed by atoms with Crippen molar-refractivity contribution in [3.05, 3.63) is 531 Å². The Morgan fingerprint density at radius 2 is 0.648 bits per heavy atom. The average Bonchev–Trinajstić information content (AvgIpc) is 1.49. The van der Waals surface area contributed by atoms with E-state index in [1.54, 1.807) is 4.57 Å². The largest absolute Gasteiger partial charge is 0.310 e. The summed E-state index contributed by atoms with van der Waals surface area (Å²) in [6.45, 7) is 6.30. The maximum Gasteiger partial charge on any atom is 0.249 e. The normalized spacial score (nSPS) is 13.6. The molecule has 0 unspecified atom stereocenters. The van der Waals surface area contributed by atoms with Gasteiger partial charge in [-0.1, -0.05) is 420 Å². The number of hydrogen-bond donors (Lipinski definition) is 0. The van der Waals surface area contributed by atoms with Crippen LogP contribution in [0, 0.1) is 0 Å². The van der Waals surface area contributed by atoms with Crippen LogP contribution in [0.25, 0.3) is 200 Å². The highest BCUT2D eigenvalue weighted by Gasteiger charge is 2.52. The van der Waals surface area contributed by atoms with Crippen molar-refractivity contribution < 1.29 is 9.60 Å². The van der Waals surface area contributed by atoms with Crippen molar-refractivity contribution in [2.45, 2.75) is 41.4 Å². The first-order chi connectivity index (χ1) is 72.9. The summed E-state index contributed by atoms with van der Waals surface area (Å²) in [7, 11) is 0. The number of fused-ring (bicyclic) bond motifs is 20. The fraction of sp³-hybridized carbons (Fsp3) is 0.0365. The number of aromatic nitrogens is 2. The van der Waals surface area contributed by atoms with Crippen molar-refractivity contribution >= 4 is 95.5 Å². The van der Waals surface area contributed by atoms with Crippen LogP contribution in [0.15, 0.2) is 513 Å². The van der Waals surface area contributed by atoms with Gasteiger partial charge < -0.3 is 14.0 Å². The molecule has 142 heavy (non-hydrogen) atoms. The van der Waals surface area contributed by atoms with E-state index in [1.807, 2.05) is 42.1 Å². The van der Waals surface area contributed by atoms with E-state index < -0.39 is 29.6 Å². The molecule has 664 valence electrons. The van der Waals surface area contributed by atoms with E-state index in [2.05, 4.69) is 461 Å². The Bertz CT molecular complexity index is 9440. The van der Waals surface area contributed by atoms with Gasteiger partial charge in [0.2, 0.25) is 6.71 Å². The number of anilines is 3. The Morgan fingerprint density at radius 1 is 0.254 bits per heavy atom. The third-order valence-corrected chi connectivity index (χ3v) is 31.3. The zero-order valence-electron chi connectivity index (χ0n) is 85.2. The molecule has 5 heteroatoms. The third-order valence-electron chi connectivity index (χ3n) is 30.1. The fourth-order valence-corrected chi connectivity index (χ4v) is 24.9. The summed E-state index contributed by atoms with van der Waals surface area (Å²) in [6, 6.07) is 166. The highest BCUT2D eigenvalue weighted by molar-refractivity contribution is 8.00. The van der Waals surface area contributed by atoms with Gasteiger partial charge in [0.15, 0.2) is 0 Å². The van der Waals surface area contributed by atoms with E-state index in [0.29, 0.717) is 11.3 Å². The quantitative estimate of drug-likeness (QED) is 0.101. The monoisotopic (exact) mass is 1830 g/mol. The molecule has 2 aliphatic carbocycles. The maximum absolute atomic E-state index is 10.7. The smallest absolute Gasteiger partial charge is 0.249 e. The zero-order valence-corrected chi connectivity index (χ0v) is 79.0. The lowest BCUT2D eigenvalue weighted by molar-refractivity contribution is 0.591. The van der Waals surface area contributed by atoms with Gasteiger partial charge in [-0.15, -0.1) is 0 Å². The van der Waals surface area contributed by atoms with Gasteiger partial charge in [-0.25, -0.2) is 0 Å². The molecule has 0 saturated heterocycles. The number of rotatable bonds is 14. The second-order valence-corrected chi connectivity index (χ2v) is 40.2. The minimum absolute atomic E-state index is 0.0824. The second-order valence-electron chi connectivity index (χ2n) is 39.1. The van der Waals surface area contributed by atoms with Gasteiger partial charge in [0.1, 0.15) is 0 Å². The van der Waals surface area contributed by atoms with Crippen LogP contribution in [0.5, 0.6) is 0 Å². The first-order valence-electron chi connectivity index (χ1n) is 52.4. The lowest BCUT2D eigenvalue weighted by atomic mass is 9.34. The predicted octanol–water partition coefficient (Wildman–Crippen LogP) is 34.6. The molecule has 28 rings (SSSR count). The summed E-state index contributed by atoms with van der Waals surface area (Å²) in [4.78, 5) is 4.66. The van der Waals surface area contributed by atoms with E-state index in [4.69, 9.17) is 0 Å².